The monoisotopic (exact) mass is 477 g/mol. The first kappa shape index (κ1) is 22.8. The Morgan fingerprint density at radius 2 is 1.62 bits per heavy atom. The second-order valence-electron chi connectivity index (χ2n) is 10.1. The number of rotatable bonds is 5. The van der Waals surface area contributed by atoms with Crippen molar-refractivity contribution in [1.29, 1.82) is 0 Å². The van der Waals surface area contributed by atoms with Crippen LogP contribution in [0.4, 0.5) is 0 Å². The Bertz CT molecular complexity index is 937. The minimum atomic E-state index is -1.24. The maximum atomic E-state index is 2.49. The number of benzene rings is 2. The van der Waals surface area contributed by atoms with Gasteiger partial charge in [0.15, 0.2) is 0 Å². The van der Waals surface area contributed by atoms with Gasteiger partial charge in [-0.15, -0.1) is 34.5 Å². The molecule has 0 N–H and O–H groups in total. The molecule has 3 aromatic rings. The molecule has 0 atom stereocenters. The van der Waals surface area contributed by atoms with Crippen LogP contribution in [0, 0.1) is 5.41 Å². The van der Waals surface area contributed by atoms with Crippen molar-refractivity contribution in [2.24, 2.45) is 5.41 Å². The molecule has 4 rings (SSSR count). The molecule has 152 valence electrons. The van der Waals surface area contributed by atoms with Crippen molar-refractivity contribution in [3.8, 4) is 11.1 Å². The molecule has 0 aromatic heterocycles. The first-order valence-electron chi connectivity index (χ1n) is 11.2. The molecule has 0 saturated heterocycles. The summed E-state index contributed by atoms with van der Waals surface area (Å²) in [6.45, 7) is 9.66. The van der Waals surface area contributed by atoms with Gasteiger partial charge in [-0.25, -0.2) is 0 Å². The van der Waals surface area contributed by atoms with E-state index in [0.29, 0.717) is 5.41 Å². The smallest absolute Gasteiger partial charge is 0.0775 e. The molecule has 0 aliphatic heterocycles. The van der Waals surface area contributed by atoms with Gasteiger partial charge in [-0.2, -0.15) is 6.07 Å². The van der Waals surface area contributed by atoms with Gasteiger partial charge in [0, 0.05) is 26.2 Å². The third-order valence-corrected chi connectivity index (χ3v) is 9.18. The zero-order valence-corrected chi connectivity index (χ0v) is 22.1. The molecular weight excluding hydrogens is 444 g/mol. The van der Waals surface area contributed by atoms with E-state index in [1.54, 1.807) is 5.56 Å². The van der Waals surface area contributed by atoms with Crippen molar-refractivity contribution in [1.82, 2.24) is 0 Å². The van der Waals surface area contributed by atoms with Crippen LogP contribution in [-0.4, -0.2) is 8.07 Å². The summed E-state index contributed by atoms with van der Waals surface area (Å²) in [4.78, 5) is 0. The van der Waals surface area contributed by atoms with Gasteiger partial charge in [0.1, 0.15) is 0 Å². The van der Waals surface area contributed by atoms with E-state index in [-0.39, 0.29) is 26.2 Å². The summed E-state index contributed by atoms with van der Waals surface area (Å²) in [6, 6.07) is 21.2. The Morgan fingerprint density at radius 1 is 0.931 bits per heavy atom. The van der Waals surface area contributed by atoms with E-state index in [2.05, 4.69) is 81.2 Å². The van der Waals surface area contributed by atoms with E-state index in [1.807, 2.05) is 0 Å². The van der Waals surface area contributed by atoms with E-state index in [9.17, 15) is 0 Å². The van der Waals surface area contributed by atoms with Gasteiger partial charge in [0.25, 0.3) is 0 Å². The number of hydrogen-bond acceptors (Lipinski definition) is 0. The van der Waals surface area contributed by atoms with Crippen LogP contribution in [0.1, 0.15) is 51.0 Å². The maximum absolute atomic E-state index is 2.49. The average molecular weight is 479 g/mol. The molecule has 0 heterocycles. The predicted molar refractivity (Wildman–Crippen MR) is 127 cm³/mol. The molecule has 1 aliphatic carbocycles. The zero-order valence-electron chi connectivity index (χ0n) is 18.6. The summed E-state index contributed by atoms with van der Waals surface area (Å²) in [5.74, 6) is 0. The van der Waals surface area contributed by atoms with Gasteiger partial charge in [-0.3, -0.25) is 0 Å². The van der Waals surface area contributed by atoms with Gasteiger partial charge in [0.05, 0.1) is 8.07 Å². The van der Waals surface area contributed by atoms with Crippen LogP contribution in [0.2, 0.25) is 19.6 Å². The van der Waals surface area contributed by atoms with Crippen molar-refractivity contribution in [3.63, 3.8) is 0 Å². The summed E-state index contributed by atoms with van der Waals surface area (Å²) in [5.41, 5.74) is 4.83. The van der Waals surface area contributed by atoms with Crippen LogP contribution < -0.4 is 5.19 Å². The van der Waals surface area contributed by atoms with Crippen LogP contribution in [0.5, 0.6) is 0 Å². The second-order valence-corrected chi connectivity index (χ2v) is 15.2. The average Bonchev–Trinajstić information content (AvgIpc) is 3.10. The Kier molecular flexibility index (Phi) is 7.17. The van der Waals surface area contributed by atoms with Crippen molar-refractivity contribution < 1.29 is 26.2 Å². The third kappa shape index (κ3) is 4.91. The van der Waals surface area contributed by atoms with Crippen LogP contribution in [0.3, 0.4) is 0 Å². The summed E-state index contributed by atoms with van der Waals surface area (Å²) in [6.07, 6.45) is 9.67. The third-order valence-electron chi connectivity index (χ3n) is 7.12. The maximum Gasteiger partial charge on any atom is 0.0775 e. The quantitative estimate of drug-likeness (QED) is 0.261. The molecule has 29 heavy (non-hydrogen) atoms. The van der Waals surface area contributed by atoms with Crippen molar-refractivity contribution in [2.75, 3.05) is 0 Å². The van der Waals surface area contributed by atoms with Gasteiger partial charge in [-0.05, 0) is 30.2 Å². The summed E-state index contributed by atoms with van der Waals surface area (Å²) >= 11 is 0. The van der Waals surface area contributed by atoms with E-state index < -0.39 is 8.07 Å². The summed E-state index contributed by atoms with van der Waals surface area (Å²) < 4.78 is 0. The Labute approximate surface area is 197 Å². The first-order chi connectivity index (χ1) is 13.4. The van der Waals surface area contributed by atoms with Crippen LogP contribution in [-0.2, 0) is 32.6 Å². The fourth-order valence-corrected chi connectivity index (χ4v) is 6.36. The zero-order chi connectivity index (χ0) is 19.8. The Hall–Kier alpha value is -0.850. The Morgan fingerprint density at radius 3 is 2.24 bits per heavy atom. The first-order valence-corrected chi connectivity index (χ1v) is 14.7. The molecule has 2 heteroatoms. The molecule has 3 aromatic carbocycles. The molecule has 1 fully saturated rings. The summed E-state index contributed by atoms with van der Waals surface area (Å²) in [5, 5.41) is 4.37. The normalized spacial score (nSPS) is 16.6. The standard InChI is InChI=1S/C27H35Si.Zr/c1-5-27(16-7-6-8-17-27)20-21-18-23-10-9-11-25(26(23)19-21)22-12-14-24(15-13-22)28(2,3)4;/h9-15,18-19H,5-8,16-17,20H2,1-4H3;/q-1;. The Balaban J connectivity index is 0.00000240. The minimum Gasteiger partial charge on any atom is -0.164 e. The molecular formula is C27H35SiZr-. The molecule has 0 radical (unpaired) electrons. The van der Waals surface area contributed by atoms with Gasteiger partial charge >= 0.3 is 0 Å². The van der Waals surface area contributed by atoms with Crippen molar-refractivity contribution >= 4 is 24.0 Å². The fourth-order valence-electron chi connectivity index (χ4n) is 5.19. The van der Waals surface area contributed by atoms with E-state index >= 15 is 0 Å². The molecule has 1 saturated carbocycles. The SMILES string of the molecule is CCC1(Cc2cc3c(-c4ccc([Si](C)(C)C)cc4)cccc3[cH-]2)CCCCC1.[Zr]. The molecule has 0 spiro atoms. The van der Waals surface area contributed by atoms with E-state index in [4.69, 9.17) is 0 Å². The fraction of sp³-hybridized carbons (Fsp3) is 0.444. The van der Waals surface area contributed by atoms with Gasteiger partial charge < -0.3 is 0 Å². The van der Waals surface area contributed by atoms with E-state index in [0.717, 1.165) is 0 Å². The van der Waals surface area contributed by atoms with E-state index in [1.165, 1.54) is 72.0 Å². The number of fused-ring (bicyclic) bond motifs is 1. The molecule has 0 nitrogen and oxygen atoms in total. The van der Waals surface area contributed by atoms with Crippen LogP contribution in [0.15, 0.2) is 54.6 Å². The summed E-state index contributed by atoms with van der Waals surface area (Å²) in [7, 11) is -1.24. The van der Waals surface area contributed by atoms with Crippen molar-refractivity contribution in [2.45, 2.75) is 71.5 Å². The van der Waals surface area contributed by atoms with Gasteiger partial charge in [0.2, 0.25) is 0 Å². The molecule has 1 aliphatic rings. The second kappa shape index (κ2) is 9.11. The predicted octanol–water partition coefficient (Wildman–Crippen LogP) is 7.67. The molecule has 0 bridgehead atoms. The number of hydrogen-bond donors (Lipinski definition) is 0. The van der Waals surface area contributed by atoms with Crippen LogP contribution >= 0.6 is 0 Å². The van der Waals surface area contributed by atoms with Crippen molar-refractivity contribution in [3.05, 3.63) is 60.2 Å². The topological polar surface area (TPSA) is 0 Å². The van der Waals surface area contributed by atoms with Gasteiger partial charge in [-0.1, -0.05) is 93.3 Å². The molecule has 0 unspecified atom stereocenters. The largest absolute Gasteiger partial charge is 0.164 e. The van der Waals surface area contributed by atoms with Crippen LogP contribution in [0.25, 0.3) is 21.9 Å². The minimum absolute atomic E-state index is 0. The molecule has 0 amide bonds.